The minimum Gasteiger partial charge on any atom is -0.479 e. The van der Waals surface area contributed by atoms with Crippen LogP contribution in [-0.4, -0.2) is 49.9 Å². The van der Waals surface area contributed by atoms with Crippen molar-refractivity contribution in [2.45, 2.75) is 25.6 Å². The van der Waals surface area contributed by atoms with Gasteiger partial charge in [-0.1, -0.05) is 18.7 Å². The number of hydrogen-bond donors (Lipinski definition) is 1. The number of aliphatic carboxylic acids is 1. The lowest BCUT2D eigenvalue weighted by Gasteiger charge is -2.32. The largest absolute Gasteiger partial charge is 0.479 e. The highest BCUT2D eigenvalue weighted by molar-refractivity contribution is 8.13. The maximum absolute atomic E-state index is 12.2. The van der Waals surface area contributed by atoms with E-state index < -0.39 is 10.8 Å². The van der Waals surface area contributed by atoms with E-state index in [9.17, 15) is 19.5 Å². The summed E-state index contributed by atoms with van der Waals surface area (Å²) in [6, 6.07) is 0. The van der Waals surface area contributed by atoms with Gasteiger partial charge in [-0.05, 0) is 6.92 Å². The second kappa shape index (κ2) is 5.97. The molecule has 18 heavy (non-hydrogen) atoms. The molecule has 1 amide bonds. The van der Waals surface area contributed by atoms with E-state index in [1.54, 1.807) is 13.8 Å². The van der Waals surface area contributed by atoms with Crippen LogP contribution in [0.1, 0.15) is 20.8 Å². The summed E-state index contributed by atoms with van der Waals surface area (Å²) in [6.45, 7) is 5.18. The van der Waals surface area contributed by atoms with Gasteiger partial charge in [-0.3, -0.25) is 9.59 Å². The molecule has 1 rings (SSSR count). The lowest BCUT2D eigenvalue weighted by Crippen LogP contribution is -2.51. The Morgan fingerprint density at radius 1 is 1.50 bits per heavy atom. The van der Waals surface area contributed by atoms with Crippen molar-refractivity contribution in [2.75, 3.05) is 18.1 Å². The zero-order valence-electron chi connectivity index (χ0n) is 10.6. The molecule has 0 radical (unpaired) electrons. The molecule has 2 atom stereocenters. The van der Waals surface area contributed by atoms with Gasteiger partial charge in [-0.2, -0.15) is 0 Å². The van der Waals surface area contributed by atoms with Crippen LogP contribution in [0.15, 0.2) is 0 Å². The number of amides is 1. The fraction of sp³-hybridized carbons (Fsp3) is 0.727. The molecule has 1 aliphatic heterocycles. The number of carboxylic acids is 1. The maximum atomic E-state index is 12.2. The van der Waals surface area contributed by atoms with Crippen molar-refractivity contribution in [3.63, 3.8) is 0 Å². The molecular weight excluding hydrogens is 274 g/mol. The van der Waals surface area contributed by atoms with Crippen molar-refractivity contribution in [1.82, 2.24) is 4.90 Å². The summed E-state index contributed by atoms with van der Waals surface area (Å²) in [5.41, 5.74) is 0. The third kappa shape index (κ3) is 3.20. The molecule has 0 spiro atoms. The lowest BCUT2D eigenvalue weighted by atomic mass is 10.1. The van der Waals surface area contributed by atoms with Gasteiger partial charge in [-0.15, -0.1) is 11.8 Å². The van der Waals surface area contributed by atoms with E-state index in [1.165, 1.54) is 23.6 Å². The molecule has 0 bridgehead atoms. The van der Waals surface area contributed by atoms with Crippen molar-refractivity contribution < 1.29 is 19.5 Å². The fourth-order valence-corrected chi connectivity index (χ4v) is 3.46. The zero-order valence-corrected chi connectivity index (χ0v) is 12.3. The number of nitrogens with zero attached hydrogens (tertiary/aromatic N) is 1. The van der Waals surface area contributed by atoms with Gasteiger partial charge in [0.25, 0.3) is 0 Å². The van der Waals surface area contributed by atoms with Crippen molar-refractivity contribution >= 4 is 40.5 Å². The van der Waals surface area contributed by atoms with E-state index in [2.05, 4.69) is 0 Å². The van der Waals surface area contributed by atoms with Crippen LogP contribution in [0, 0.1) is 5.92 Å². The lowest BCUT2D eigenvalue weighted by molar-refractivity contribution is -0.152. The molecule has 102 valence electrons. The fourth-order valence-electron chi connectivity index (χ4n) is 1.70. The second-order valence-corrected chi connectivity index (χ2v) is 7.02. The molecule has 0 aliphatic carbocycles. The van der Waals surface area contributed by atoms with Crippen LogP contribution < -0.4 is 0 Å². The molecular formula is C11H17NO4S2. The Morgan fingerprint density at radius 3 is 2.61 bits per heavy atom. The second-order valence-electron chi connectivity index (χ2n) is 4.33. The summed E-state index contributed by atoms with van der Waals surface area (Å²) >= 11 is 2.36. The highest BCUT2D eigenvalue weighted by atomic mass is 32.2. The minimum atomic E-state index is -1.17. The van der Waals surface area contributed by atoms with E-state index in [4.69, 9.17) is 0 Å². The van der Waals surface area contributed by atoms with Crippen molar-refractivity contribution in [2.24, 2.45) is 5.92 Å². The highest BCUT2D eigenvalue weighted by Gasteiger charge is 2.47. The Hall–Kier alpha value is -0.690. The summed E-state index contributed by atoms with van der Waals surface area (Å²) in [7, 11) is 0. The van der Waals surface area contributed by atoms with Gasteiger partial charge in [0, 0.05) is 30.9 Å². The highest BCUT2D eigenvalue weighted by Crippen LogP contribution is 2.36. The zero-order chi connectivity index (χ0) is 13.9. The van der Waals surface area contributed by atoms with Gasteiger partial charge < -0.3 is 10.0 Å². The third-order valence-electron chi connectivity index (χ3n) is 2.83. The van der Waals surface area contributed by atoms with Gasteiger partial charge >= 0.3 is 5.97 Å². The molecule has 0 saturated carbocycles. The Balaban J connectivity index is 2.71. The summed E-state index contributed by atoms with van der Waals surface area (Å²) in [6.07, 6.45) is 0. The standard InChI is InChI=1S/C11H17NO4S2/c1-7(6-17-8(2)13)9(14)12-4-5-18-11(12,3)10(15)16/h7H,4-6H2,1-3H3,(H,15,16)/t7-,11-/m0/s1. The molecule has 0 aromatic carbocycles. The van der Waals surface area contributed by atoms with Crippen LogP contribution in [-0.2, 0) is 14.4 Å². The number of carbonyl (C=O) groups excluding carboxylic acids is 2. The molecule has 7 heteroatoms. The Morgan fingerprint density at radius 2 is 2.11 bits per heavy atom. The number of hydrogen-bond acceptors (Lipinski definition) is 5. The summed E-state index contributed by atoms with van der Waals surface area (Å²) in [4.78, 5) is 34.6. The number of carboxylic acid groups (broad SMARTS) is 1. The molecule has 1 saturated heterocycles. The van der Waals surface area contributed by atoms with Gasteiger partial charge in [0.15, 0.2) is 9.99 Å². The predicted molar refractivity (Wildman–Crippen MR) is 72.5 cm³/mol. The van der Waals surface area contributed by atoms with E-state index in [1.807, 2.05) is 0 Å². The van der Waals surface area contributed by atoms with Crippen LogP contribution in [0.2, 0.25) is 0 Å². The molecule has 1 aliphatic rings. The summed E-state index contributed by atoms with van der Waals surface area (Å²) < 4.78 is 0. The molecule has 0 aromatic rings. The van der Waals surface area contributed by atoms with Gasteiger partial charge in [0.05, 0.1) is 0 Å². The van der Waals surface area contributed by atoms with Crippen LogP contribution in [0.5, 0.6) is 0 Å². The van der Waals surface area contributed by atoms with E-state index in [0.29, 0.717) is 18.1 Å². The average Bonchev–Trinajstić information content (AvgIpc) is 2.68. The first-order valence-corrected chi connectivity index (χ1v) is 7.58. The first kappa shape index (κ1) is 15.4. The summed E-state index contributed by atoms with van der Waals surface area (Å²) in [5, 5.41) is 9.18. The first-order chi connectivity index (χ1) is 8.29. The van der Waals surface area contributed by atoms with E-state index in [0.717, 1.165) is 11.8 Å². The quantitative estimate of drug-likeness (QED) is 0.841. The smallest absolute Gasteiger partial charge is 0.340 e. The monoisotopic (exact) mass is 291 g/mol. The Labute approximate surface area is 115 Å². The molecule has 1 fully saturated rings. The Kier molecular flexibility index (Phi) is 5.10. The van der Waals surface area contributed by atoms with E-state index >= 15 is 0 Å². The molecule has 1 heterocycles. The van der Waals surface area contributed by atoms with Gasteiger partial charge in [0.2, 0.25) is 5.91 Å². The SMILES string of the molecule is CC(=O)SC[C@H](C)C(=O)N1CCS[C@@]1(C)C(=O)O. The first-order valence-electron chi connectivity index (χ1n) is 5.61. The van der Waals surface area contributed by atoms with Gasteiger partial charge in [0.1, 0.15) is 0 Å². The van der Waals surface area contributed by atoms with Gasteiger partial charge in [-0.25, -0.2) is 4.79 Å². The molecule has 0 aromatic heterocycles. The Bertz CT molecular complexity index is 374. The van der Waals surface area contributed by atoms with Crippen molar-refractivity contribution in [3.05, 3.63) is 0 Å². The molecule has 0 unspecified atom stereocenters. The minimum absolute atomic E-state index is 0.0357. The van der Waals surface area contributed by atoms with Crippen molar-refractivity contribution in [1.29, 1.82) is 0 Å². The van der Waals surface area contributed by atoms with Crippen LogP contribution >= 0.6 is 23.5 Å². The van der Waals surface area contributed by atoms with E-state index in [-0.39, 0.29) is 16.9 Å². The topological polar surface area (TPSA) is 74.7 Å². The normalized spacial score (nSPS) is 24.9. The number of thioether (sulfide) groups is 2. The maximum Gasteiger partial charge on any atom is 0.340 e. The summed E-state index contributed by atoms with van der Waals surface area (Å²) in [5.74, 6) is -0.522. The predicted octanol–water partition coefficient (Wildman–Crippen LogP) is 1.28. The van der Waals surface area contributed by atoms with Crippen LogP contribution in [0.3, 0.4) is 0 Å². The average molecular weight is 291 g/mol. The number of carbonyl (C=O) groups is 3. The van der Waals surface area contributed by atoms with Crippen LogP contribution in [0.4, 0.5) is 0 Å². The van der Waals surface area contributed by atoms with Crippen molar-refractivity contribution in [3.8, 4) is 0 Å². The van der Waals surface area contributed by atoms with Crippen LogP contribution in [0.25, 0.3) is 0 Å². The molecule has 5 nitrogen and oxygen atoms in total. The number of rotatable bonds is 4. The molecule has 1 N–H and O–H groups in total. The third-order valence-corrected chi connectivity index (χ3v) is 5.25.